The van der Waals surface area contributed by atoms with Crippen LogP contribution in [0.25, 0.3) is 11.1 Å². The van der Waals surface area contributed by atoms with Gasteiger partial charge >= 0.3 is 0 Å². The number of methoxy groups -OCH3 is 1. The molecule has 0 radical (unpaired) electrons. The molecule has 2 aromatic heterocycles. The Morgan fingerprint density at radius 1 is 1.19 bits per heavy atom. The average molecular weight is 371 g/mol. The van der Waals surface area contributed by atoms with Gasteiger partial charge in [0, 0.05) is 33.3 Å². The smallest absolute Gasteiger partial charge is 0.298 e. The Kier molecular flexibility index (Phi) is 5.09. The molecule has 1 atom stereocenters. The van der Waals surface area contributed by atoms with Gasteiger partial charge in [0.2, 0.25) is 5.89 Å². The first-order valence-electron chi connectivity index (χ1n) is 9.32. The number of fused-ring (bicyclic) bond motifs is 1. The van der Waals surface area contributed by atoms with Crippen molar-refractivity contribution < 1.29 is 13.7 Å². The fraction of sp³-hybridized carbons (Fsp3) is 0.526. The molecule has 8 heteroatoms. The third-order valence-electron chi connectivity index (χ3n) is 4.95. The molecule has 27 heavy (non-hydrogen) atoms. The normalized spacial score (nSPS) is 17.4. The standard InChI is InChI=1S/C19H25N5O3/c1-13-5-6-16-15(11-13)20-19(26-16)24-8-4-7-23(9-10-24)12-17-21-18(22-27-17)14(2)25-3/h5-6,11,14H,4,7-10,12H2,1-3H3. The summed E-state index contributed by atoms with van der Waals surface area (Å²) in [4.78, 5) is 13.6. The first-order chi connectivity index (χ1) is 13.1. The van der Waals surface area contributed by atoms with Crippen LogP contribution in [0.3, 0.4) is 0 Å². The van der Waals surface area contributed by atoms with Crippen LogP contribution in [0.4, 0.5) is 6.01 Å². The van der Waals surface area contributed by atoms with Crippen LogP contribution in [0.5, 0.6) is 0 Å². The Bertz CT molecular complexity index is 906. The maximum Gasteiger partial charge on any atom is 0.298 e. The van der Waals surface area contributed by atoms with Gasteiger partial charge in [-0.05, 0) is 38.0 Å². The van der Waals surface area contributed by atoms with Crippen molar-refractivity contribution in [3.8, 4) is 0 Å². The predicted octanol–water partition coefficient (Wildman–Crippen LogP) is 2.94. The minimum absolute atomic E-state index is 0.162. The maximum atomic E-state index is 5.96. The van der Waals surface area contributed by atoms with Crippen molar-refractivity contribution in [2.24, 2.45) is 0 Å². The summed E-state index contributed by atoms with van der Waals surface area (Å²) >= 11 is 0. The Labute approximate surface area is 158 Å². The monoisotopic (exact) mass is 371 g/mol. The van der Waals surface area contributed by atoms with Gasteiger partial charge in [-0.2, -0.15) is 9.97 Å². The second-order valence-electron chi connectivity index (χ2n) is 7.01. The van der Waals surface area contributed by atoms with Crippen LogP contribution >= 0.6 is 0 Å². The number of oxazole rings is 1. The molecule has 4 rings (SSSR count). The summed E-state index contributed by atoms with van der Waals surface area (Å²) in [5.74, 6) is 1.21. The van der Waals surface area contributed by atoms with Crippen molar-refractivity contribution in [2.45, 2.75) is 32.9 Å². The zero-order valence-corrected chi connectivity index (χ0v) is 16.0. The Hall–Kier alpha value is -2.45. The lowest BCUT2D eigenvalue weighted by Crippen LogP contribution is -2.30. The van der Waals surface area contributed by atoms with Gasteiger partial charge in [0.15, 0.2) is 11.4 Å². The molecular formula is C19H25N5O3. The largest absolute Gasteiger partial charge is 0.423 e. The van der Waals surface area contributed by atoms with Gasteiger partial charge in [-0.1, -0.05) is 11.2 Å². The Morgan fingerprint density at radius 2 is 2.07 bits per heavy atom. The van der Waals surface area contributed by atoms with Gasteiger partial charge in [-0.3, -0.25) is 4.90 Å². The number of rotatable bonds is 5. The van der Waals surface area contributed by atoms with Gasteiger partial charge < -0.3 is 18.6 Å². The molecule has 8 nitrogen and oxygen atoms in total. The van der Waals surface area contributed by atoms with Gasteiger partial charge in [-0.25, -0.2) is 0 Å². The van der Waals surface area contributed by atoms with E-state index in [9.17, 15) is 0 Å². The maximum absolute atomic E-state index is 5.96. The van der Waals surface area contributed by atoms with Crippen LogP contribution in [-0.2, 0) is 11.3 Å². The minimum Gasteiger partial charge on any atom is -0.423 e. The third-order valence-corrected chi connectivity index (χ3v) is 4.95. The van der Waals surface area contributed by atoms with Crippen LogP contribution < -0.4 is 4.90 Å². The molecule has 1 aliphatic heterocycles. The molecule has 144 valence electrons. The number of benzene rings is 1. The van der Waals surface area contributed by atoms with Crippen molar-refractivity contribution in [1.29, 1.82) is 0 Å². The van der Waals surface area contributed by atoms with E-state index in [-0.39, 0.29) is 6.10 Å². The van der Waals surface area contributed by atoms with Gasteiger partial charge in [0.1, 0.15) is 11.6 Å². The van der Waals surface area contributed by atoms with Gasteiger partial charge in [0.05, 0.1) is 6.54 Å². The molecule has 3 aromatic rings. The number of ether oxygens (including phenoxy) is 1. The first-order valence-corrected chi connectivity index (χ1v) is 9.32. The van der Waals surface area contributed by atoms with Gasteiger partial charge in [0.25, 0.3) is 6.01 Å². The zero-order chi connectivity index (χ0) is 18.8. The van der Waals surface area contributed by atoms with Gasteiger partial charge in [-0.15, -0.1) is 0 Å². The van der Waals surface area contributed by atoms with Crippen LogP contribution in [0, 0.1) is 6.92 Å². The van der Waals surface area contributed by atoms with E-state index < -0.39 is 0 Å². The molecule has 0 bridgehead atoms. The highest BCUT2D eigenvalue weighted by Gasteiger charge is 2.21. The number of hydrogen-bond acceptors (Lipinski definition) is 8. The van der Waals surface area contributed by atoms with E-state index in [1.165, 1.54) is 5.56 Å². The molecule has 1 aliphatic rings. The zero-order valence-electron chi connectivity index (χ0n) is 16.0. The number of aryl methyl sites for hydroxylation is 1. The molecule has 0 N–H and O–H groups in total. The fourth-order valence-electron chi connectivity index (χ4n) is 3.27. The summed E-state index contributed by atoms with van der Waals surface area (Å²) in [5.41, 5.74) is 2.94. The summed E-state index contributed by atoms with van der Waals surface area (Å²) in [5, 5.41) is 4.00. The summed E-state index contributed by atoms with van der Waals surface area (Å²) < 4.78 is 16.6. The van der Waals surface area contributed by atoms with Crippen LogP contribution in [0.1, 0.15) is 36.7 Å². The van der Waals surface area contributed by atoms with Crippen molar-refractivity contribution in [3.05, 3.63) is 35.5 Å². The highest BCUT2D eigenvalue weighted by atomic mass is 16.5. The molecule has 0 spiro atoms. The summed E-state index contributed by atoms with van der Waals surface area (Å²) in [6, 6.07) is 6.79. The summed E-state index contributed by atoms with van der Waals surface area (Å²) in [6.07, 6.45) is 0.859. The van der Waals surface area contributed by atoms with Crippen LogP contribution in [-0.4, -0.2) is 53.3 Å². The lowest BCUT2D eigenvalue weighted by atomic mass is 10.2. The second kappa shape index (κ2) is 7.66. The van der Waals surface area contributed by atoms with E-state index in [1.54, 1.807) is 7.11 Å². The molecule has 1 fully saturated rings. The topological polar surface area (TPSA) is 80.7 Å². The van der Waals surface area contributed by atoms with E-state index in [0.717, 1.165) is 43.7 Å². The lowest BCUT2D eigenvalue weighted by molar-refractivity contribution is 0.109. The van der Waals surface area contributed by atoms with Crippen LogP contribution in [0.15, 0.2) is 27.1 Å². The average Bonchev–Trinajstić information content (AvgIpc) is 3.23. The number of aromatic nitrogens is 3. The molecular weight excluding hydrogens is 346 g/mol. The van der Waals surface area contributed by atoms with Crippen molar-refractivity contribution in [1.82, 2.24) is 20.0 Å². The third kappa shape index (κ3) is 3.96. The van der Waals surface area contributed by atoms with E-state index in [2.05, 4.69) is 37.9 Å². The lowest BCUT2D eigenvalue weighted by Gasteiger charge is -2.19. The quantitative estimate of drug-likeness (QED) is 0.677. The van der Waals surface area contributed by atoms with E-state index >= 15 is 0 Å². The minimum atomic E-state index is -0.162. The number of nitrogens with zero attached hydrogens (tertiary/aromatic N) is 5. The van der Waals surface area contributed by atoms with Crippen molar-refractivity contribution >= 4 is 17.1 Å². The molecule has 0 aliphatic carbocycles. The SMILES string of the molecule is COC(C)c1noc(CN2CCCN(c3nc4cc(C)ccc4o3)CC2)n1. The molecule has 0 amide bonds. The Morgan fingerprint density at radius 3 is 2.93 bits per heavy atom. The molecule has 1 unspecified atom stereocenters. The fourth-order valence-corrected chi connectivity index (χ4v) is 3.27. The van der Waals surface area contributed by atoms with E-state index in [4.69, 9.17) is 13.7 Å². The first kappa shape index (κ1) is 17.9. The molecule has 3 heterocycles. The second-order valence-corrected chi connectivity index (χ2v) is 7.01. The number of hydrogen-bond donors (Lipinski definition) is 0. The van der Waals surface area contributed by atoms with Crippen molar-refractivity contribution in [2.75, 3.05) is 38.2 Å². The van der Waals surface area contributed by atoms with Crippen molar-refractivity contribution in [3.63, 3.8) is 0 Å². The predicted molar refractivity (Wildman–Crippen MR) is 101 cm³/mol. The van der Waals surface area contributed by atoms with Crippen LogP contribution in [0.2, 0.25) is 0 Å². The summed E-state index contributed by atoms with van der Waals surface area (Å²) in [6.45, 7) is 8.22. The number of anilines is 1. The van der Waals surface area contributed by atoms with E-state index in [0.29, 0.717) is 24.3 Å². The Balaban J connectivity index is 1.40. The highest BCUT2D eigenvalue weighted by Crippen LogP contribution is 2.24. The molecule has 0 saturated carbocycles. The summed E-state index contributed by atoms with van der Waals surface area (Å²) in [7, 11) is 1.64. The van der Waals surface area contributed by atoms with E-state index in [1.807, 2.05) is 19.1 Å². The molecule has 1 aromatic carbocycles. The highest BCUT2D eigenvalue weighted by molar-refractivity contribution is 5.75. The molecule has 1 saturated heterocycles.